The summed E-state index contributed by atoms with van der Waals surface area (Å²) in [6.45, 7) is 3.86. The summed E-state index contributed by atoms with van der Waals surface area (Å²) >= 11 is 0. The summed E-state index contributed by atoms with van der Waals surface area (Å²) in [5, 5.41) is 9.07. The number of aromatic nitrogens is 2. The molecule has 94 valence electrons. The van der Waals surface area contributed by atoms with E-state index in [-0.39, 0.29) is 6.61 Å². The quantitative estimate of drug-likeness (QED) is 0.899. The molecule has 4 nitrogen and oxygen atoms in total. The predicted molar refractivity (Wildman–Crippen MR) is 69.4 cm³/mol. The third-order valence-electron chi connectivity index (χ3n) is 2.86. The van der Waals surface area contributed by atoms with Crippen LogP contribution in [-0.2, 0) is 6.61 Å². The van der Waals surface area contributed by atoms with Crippen molar-refractivity contribution in [3.8, 4) is 17.0 Å². The number of aliphatic hydroxyl groups is 1. The number of ether oxygens (including phenoxy) is 1. The lowest BCUT2D eigenvalue weighted by Crippen LogP contribution is -1.97. The second-order valence-corrected chi connectivity index (χ2v) is 4.15. The molecule has 0 fully saturated rings. The van der Waals surface area contributed by atoms with Crippen molar-refractivity contribution in [2.24, 2.45) is 0 Å². The van der Waals surface area contributed by atoms with E-state index < -0.39 is 0 Å². The molecule has 0 aliphatic heterocycles. The highest BCUT2D eigenvalue weighted by atomic mass is 16.5. The van der Waals surface area contributed by atoms with Crippen molar-refractivity contribution < 1.29 is 9.84 Å². The van der Waals surface area contributed by atoms with Crippen molar-refractivity contribution >= 4 is 0 Å². The first kappa shape index (κ1) is 12.5. The van der Waals surface area contributed by atoms with Crippen molar-refractivity contribution in [3.05, 3.63) is 41.3 Å². The molecule has 0 spiro atoms. The third-order valence-corrected chi connectivity index (χ3v) is 2.86. The minimum absolute atomic E-state index is 0.151. The molecular weight excluding hydrogens is 228 g/mol. The second-order valence-electron chi connectivity index (χ2n) is 4.15. The first-order valence-corrected chi connectivity index (χ1v) is 5.74. The van der Waals surface area contributed by atoms with Crippen molar-refractivity contribution in [2.45, 2.75) is 20.5 Å². The molecule has 0 unspecified atom stereocenters. The van der Waals surface area contributed by atoms with Crippen LogP contribution in [0.3, 0.4) is 0 Å². The van der Waals surface area contributed by atoms with Gasteiger partial charge in [-0.1, -0.05) is 0 Å². The number of aryl methyl sites for hydroxylation is 2. The summed E-state index contributed by atoms with van der Waals surface area (Å²) in [5.41, 5.74) is 3.99. The topological polar surface area (TPSA) is 55.2 Å². The van der Waals surface area contributed by atoms with Crippen molar-refractivity contribution in [1.29, 1.82) is 0 Å². The summed E-state index contributed by atoms with van der Waals surface area (Å²) in [7, 11) is 1.66. The van der Waals surface area contributed by atoms with Gasteiger partial charge < -0.3 is 9.84 Å². The van der Waals surface area contributed by atoms with Gasteiger partial charge in [-0.3, -0.25) is 0 Å². The molecule has 0 saturated heterocycles. The van der Waals surface area contributed by atoms with Crippen LogP contribution in [0.1, 0.15) is 17.0 Å². The number of nitrogens with zero attached hydrogens (tertiary/aromatic N) is 2. The van der Waals surface area contributed by atoms with Crippen LogP contribution in [0.4, 0.5) is 0 Å². The Morgan fingerprint density at radius 2 is 2.00 bits per heavy atom. The van der Waals surface area contributed by atoms with Gasteiger partial charge in [-0.25, -0.2) is 9.97 Å². The average molecular weight is 244 g/mol. The van der Waals surface area contributed by atoms with E-state index in [9.17, 15) is 0 Å². The van der Waals surface area contributed by atoms with Crippen LogP contribution in [0.5, 0.6) is 5.75 Å². The van der Waals surface area contributed by atoms with Gasteiger partial charge in [0.05, 0.1) is 12.8 Å². The number of hydrogen-bond donors (Lipinski definition) is 1. The lowest BCUT2D eigenvalue weighted by atomic mass is 10.0. The Morgan fingerprint density at radius 3 is 2.67 bits per heavy atom. The standard InChI is InChI=1S/C14H16N2O2/c1-9-7-13(18-3)10(2)6-11(9)12-4-5-15-14(8-17)16-12/h4-7,17H,8H2,1-3H3. The van der Waals surface area contributed by atoms with E-state index in [0.717, 1.165) is 28.1 Å². The van der Waals surface area contributed by atoms with E-state index in [1.807, 2.05) is 32.0 Å². The van der Waals surface area contributed by atoms with Gasteiger partial charge in [0.15, 0.2) is 5.82 Å². The SMILES string of the molecule is COc1cc(C)c(-c2ccnc(CO)n2)cc1C. The molecule has 0 aliphatic carbocycles. The van der Waals surface area contributed by atoms with Crippen LogP contribution in [0, 0.1) is 13.8 Å². The molecule has 0 amide bonds. The third kappa shape index (κ3) is 2.33. The zero-order valence-corrected chi connectivity index (χ0v) is 10.8. The van der Waals surface area contributed by atoms with Gasteiger partial charge in [0, 0.05) is 11.8 Å². The molecule has 1 N–H and O–H groups in total. The summed E-state index contributed by atoms with van der Waals surface area (Å²) in [4.78, 5) is 8.30. The van der Waals surface area contributed by atoms with Crippen molar-refractivity contribution in [3.63, 3.8) is 0 Å². The zero-order valence-electron chi connectivity index (χ0n) is 10.8. The van der Waals surface area contributed by atoms with Crippen LogP contribution in [-0.4, -0.2) is 22.2 Å². The zero-order chi connectivity index (χ0) is 13.1. The number of hydrogen-bond acceptors (Lipinski definition) is 4. The smallest absolute Gasteiger partial charge is 0.154 e. The van der Waals surface area contributed by atoms with Gasteiger partial charge in [-0.05, 0) is 43.2 Å². The minimum Gasteiger partial charge on any atom is -0.496 e. The highest BCUT2D eigenvalue weighted by molar-refractivity contribution is 5.66. The maximum Gasteiger partial charge on any atom is 0.154 e. The Labute approximate surface area is 106 Å². The van der Waals surface area contributed by atoms with E-state index in [1.54, 1.807) is 13.3 Å². The summed E-state index contributed by atoms with van der Waals surface area (Å²) in [6.07, 6.45) is 1.66. The molecule has 0 saturated carbocycles. The normalized spacial score (nSPS) is 10.4. The minimum atomic E-state index is -0.151. The Balaban J connectivity index is 2.53. The number of benzene rings is 1. The molecular formula is C14H16N2O2. The maximum absolute atomic E-state index is 9.07. The van der Waals surface area contributed by atoms with E-state index in [1.165, 1.54) is 0 Å². The number of aliphatic hydroxyl groups excluding tert-OH is 1. The summed E-state index contributed by atoms with van der Waals surface area (Å²) in [5.74, 6) is 1.30. The van der Waals surface area contributed by atoms with Gasteiger partial charge >= 0.3 is 0 Å². The molecule has 0 bridgehead atoms. The Hall–Kier alpha value is -1.94. The molecule has 1 aromatic heterocycles. The first-order valence-electron chi connectivity index (χ1n) is 5.74. The van der Waals surface area contributed by atoms with Crippen molar-refractivity contribution in [1.82, 2.24) is 9.97 Å². The average Bonchev–Trinajstić information content (AvgIpc) is 2.41. The summed E-state index contributed by atoms with van der Waals surface area (Å²) < 4.78 is 5.29. The van der Waals surface area contributed by atoms with E-state index in [4.69, 9.17) is 9.84 Å². The summed E-state index contributed by atoms with van der Waals surface area (Å²) in [6, 6.07) is 5.87. The fraction of sp³-hybridized carbons (Fsp3) is 0.286. The van der Waals surface area contributed by atoms with Gasteiger partial charge in [0.25, 0.3) is 0 Å². The Kier molecular flexibility index (Phi) is 3.58. The van der Waals surface area contributed by atoms with Crippen LogP contribution >= 0.6 is 0 Å². The molecule has 18 heavy (non-hydrogen) atoms. The molecule has 1 heterocycles. The van der Waals surface area contributed by atoms with Crippen LogP contribution in [0.25, 0.3) is 11.3 Å². The van der Waals surface area contributed by atoms with Crippen molar-refractivity contribution in [2.75, 3.05) is 7.11 Å². The molecule has 2 rings (SSSR count). The molecule has 1 aromatic carbocycles. The largest absolute Gasteiger partial charge is 0.496 e. The van der Waals surface area contributed by atoms with E-state index in [2.05, 4.69) is 9.97 Å². The van der Waals surface area contributed by atoms with Crippen LogP contribution in [0.15, 0.2) is 24.4 Å². The molecule has 4 heteroatoms. The van der Waals surface area contributed by atoms with E-state index in [0.29, 0.717) is 5.82 Å². The first-order chi connectivity index (χ1) is 8.65. The molecule has 0 atom stereocenters. The fourth-order valence-electron chi connectivity index (χ4n) is 1.91. The van der Waals surface area contributed by atoms with Gasteiger partial charge in [0.1, 0.15) is 12.4 Å². The highest BCUT2D eigenvalue weighted by Gasteiger charge is 2.08. The second kappa shape index (κ2) is 5.14. The predicted octanol–water partition coefficient (Wildman–Crippen LogP) is 2.26. The van der Waals surface area contributed by atoms with Crippen LogP contribution < -0.4 is 4.74 Å². The lowest BCUT2D eigenvalue weighted by molar-refractivity contribution is 0.271. The molecule has 2 aromatic rings. The number of methoxy groups -OCH3 is 1. The monoisotopic (exact) mass is 244 g/mol. The Morgan fingerprint density at radius 1 is 1.22 bits per heavy atom. The lowest BCUT2D eigenvalue weighted by Gasteiger charge is -2.11. The van der Waals surface area contributed by atoms with Gasteiger partial charge in [-0.15, -0.1) is 0 Å². The van der Waals surface area contributed by atoms with Gasteiger partial charge in [-0.2, -0.15) is 0 Å². The van der Waals surface area contributed by atoms with Crippen LogP contribution in [0.2, 0.25) is 0 Å². The number of rotatable bonds is 3. The fourth-order valence-corrected chi connectivity index (χ4v) is 1.91. The molecule has 0 aliphatic rings. The van der Waals surface area contributed by atoms with Gasteiger partial charge in [0.2, 0.25) is 0 Å². The Bertz CT molecular complexity index is 568. The highest BCUT2D eigenvalue weighted by Crippen LogP contribution is 2.28. The maximum atomic E-state index is 9.07. The molecule has 0 radical (unpaired) electrons. The van der Waals surface area contributed by atoms with E-state index >= 15 is 0 Å².